The molecule has 0 fully saturated rings. The van der Waals surface area contributed by atoms with E-state index in [1.807, 2.05) is 19.9 Å². The average Bonchev–Trinajstić information content (AvgIpc) is 2.33. The number of rotatable bonds is 4. The van der Waals surface area contributed by atoms with E-state index in [-0.39, 0.29) is 0 Å². The molecule has 0 spiro atoms. The Kier molecular flexibility index (Phi) is 4.00. The third-order valence-electron chi connectivity index (χ3n) is 2.84. The lowest BCUT2D eigenvalue weighted by molar-refractivity contribution is 1.05. The molecule has 0 aliphatic heterocycles. The van der Waals surface area contributed by atoms with E-state index in [9.17, 15) is 0 Å². The lowest BCUT2D eigenvalue weighted by Crippen LogP contribution is -2.05. The summed E-state index contributed by atoms with van der Waals surface area (Å²) < 4.78 is 0. The summed E-state index contributed by atoms with van der Waals surface area (Å²) in [5.74, 6) is 1.48. The van der Waals surface area contributed by atoms with Gasteiger partial charge in [-0.05, 0) is 44.9 Å². The first-order valence-corrected chi connectivity index (χ1v) is 6.52. The molecular formula is C15H20N4. The van der Waals surface area contributed by atoms with E-state index in [4.69, 9.17) is 0 Å². The van der Waals surface area contributed by atoms with E-state index < -0.39 is 0 Å². The fourth-order valence-corrected chi connectivity index (χ4v) is 1.88. The van der Waals surface area contributed by atoms with Crippen molar-refractivity contribution in [1.29, 1.82) is 0 Å². The van der Waals surface area contributed by atoms with Crippen LogP contribution in [-0.4, -0.2) is 16.5 Å². The predicted octanol–water partition coefficient (Wildman–Crippen LogP) is 3.58. The quantitative estimate of drug-likeness (QED) is 0.878. The first kappa shape index (κ1) is 13.3. The summed E-state index contributed by atoms with van der Waals surface area (Å²) in [5.41, 5.74) is 4.46. The summed E-state index contributed by atoms with van der Waals surface area (Å²) >= 11 is 0. The fraction of sp³-hybridized carbons (Fsp3) is 0.333. The Labute approximate surface area is 114 Å². The molecule has 2 aromatic rings. The SMILES string of the molecule is CCNc1nc(C)cc(Nc2cc(C)ccc2C)n1. The van der Waals surface area contributed by atoms with Gasteiger partial charge in [0.15, 0.2) is 0 Å². The maximum atomic E-state index is 4.46. The zero-order chi connectivity index (χ0) is 13.8. The zero-order valence-electron chi connectivity index (χ0n) is 11.9. The molecule has 0 bridgehead atoms. The van der Waals surface area contributed by atoms with Gasteiger partial charge in [0.2, 0.25) is 5.95 Å². The number of nitrogens with one attached hydrogen (secondary N) is 2. The molecule has 0 unspecified atom stereocenters. The molecule has 2 N–H and O–H groups in total. The van der Waals surface area contributed by atoms with E-state index in [0.717, 1.165) is 23.7 Å². The Bertz CT molecular complexity index is 578. The number of aryl methyl sites for hydroxylation is 3. The third-order valence-corrected chi connectivity index (χ3v) is 2.84. The highest BCUT2D eigenvalue weighted by molar-refractivity contribution is 5.62. The van der Waals surface area contributed by atoms with Crippen molar-refractivity contribution in [3.05, 3.63) is 41.1 Å². The number of benzene rings is 1. The third kappa shape index (κ3) is 3.44. The molecule has 0 saturated heterocycles. The molecule has 19 heavy (non-hydrogen) atoms. The number of hydrogen-bond donors (Lipinski definition) is 2. The Hall–Kier alpha value is -2.10. The van der Waals surface area contributed by atoms with Crippen molar-refractivity contribution < 1.29 is 0 Å². The van der Waals surface area contributed by atoms with Crippen molar-refractivity contribution in [2.24, 2.45) is 0 Å². The van der Waals surface area contributed by atoms with Crippen LogP contribution in [0.1, 0.15) is 23.7 Å². The second kappa shape index (κ2) is 5.69. The predicted molar refractivity (Wildman–Crippen MR) is 80.1 cm³/mol. The van der Waals surface area contributed by atoms with Crippen LogP contribution in [0.15, 0.2) is 24.3 Å². The van der Waals surface area contributed by atoms with Crippen molar-refractivity contribution in [3.8, 4) is 0 Å². The van der Waals surface area contributed by atoms with Gasteiger partial charge in [0.05, 0.1) is 0 Å². The highest BCUT2D eigenvalue weighted by Crippen LogP contribution is 2.21. The van der Waals surface area contributed by atoms with E-state index in [1.54, 1.807) is 0 Å². The van der Waals surface area contributed by atoms with Gasteiger partial charge in [-0.1, -0.05) is 12.1 Å². The molecule has 0 aliphatic carbocycles. The van der Waals surface area contributed by atoms with E-state index in [0.29, 0.717) is 5.95 Å². The van der Waals surface area contributed by atoms with Crippen molar-refractivity contribution in [2.45, 2.75) is 27.7 Å². The minimum atomic E-state index is 0.662. The molecule has 0 atom stereocenters. The number of nitrogens with zero attached hydrogens (tertiary/aromatic N) is 2. The zero-order valence-corrected chi connectivity index (χ0v) is 11.9. The molecule has 4 nitrogen and oxygen atoms in total. The van der Waals surface area contributed by atoms with Crippen LogP contribution in [0.2, 0.25) is 0 Å². The first-order valence-electron chi connectivity index (χ1n) is 6.52. The molecule has 2 rings (SSSR count). The first-order chi connectivity index (χ1) is 9.08. The second-order valence-electron chi connectivity index (χ2n) is 4.69. The number of anilines is 3. The topological polar surface area (TPSA) is 49.8 Å². The lowest BCUT2D eigenvalue weighted by Gasteiger charge is -2.11. The van der Waals surface area contributed by atoms with Gasteiger partial charge in [-0.3, -0.25) is 0 Å². The van der Waals surface area contributed by atoms with Gasteiger partial charge < -0.3 is 10.6 Å². The van der Waals surface area contributed by atoms with Gasteiger partial charge in [-0.2, -0.15) is 4.98 Å². The number of aromatic nitrogens is 2. The summed E-state index contributed by atoms with van der Waals surface area (Å²) in [7, 11) is 0. The molecule has 0 aliphatic rings. The maximum absolute atomic E-state index is 4.46. The standard InChI is InChI=1S/C15H20N4/c1-5-16-15-17-12(4)9-14(19-15)18-13-8-10(2)6-7-11(13)3/h6-9H,5H2,1-4H3,(H2,16,17,18,19). The van der Waals surface area contributed by atoms with Gasteiger partial charge in [0, 0.05) is 24.0 Å². The Morgan fingerprint density at radius 1 is 1.05 bits per heavy atom. The van der Waals surface area contributed by atoms with Crippen molar-refractivity contribution >= 4 is 17.5 Å². The van der Waals surface area contributed by atoms with E-state index in [2.05, 4.69) is 52.6 Å². The van der Waals surface area contributed by atoms with Gasteiger partial charge in [-0.15, -0.1) is 0 Å². The van der Waals surface area contributed by atoms with Crippen LogP contribution in [0.3, 0.4) is 0 Å². The van der Waals surface area contributed by atoms with Crippen LogP contribution in [-0.2, 0) is 0 Å². The summed E-state index contributed by atoms with van der Waals surface area (Å²) in [5, 5.41) is 6.50. The highest BCUT2D eigenvalue weighted by Gasteiger charge is 2.04. The minimum Gasteiger partial charge on any atom is -0.354 e. The fourth-order valence-electron chi connectivity index (χ4n) is 1.88. The molecule has 4 heteroatoms. The molecule has 1 aromatic carbocycles. The monoisotopic (exact) mass is 256 g/mol. The van der Waals surface area contributed by atoms with Crippen LogP contribution in [0, 0.1) is 20.8 Å². The van der Waals surface area contributed by atoms with E-state index in [1.165, 1.54) is 11.1 Å². The van der Waals surface area contributed by atoms with Gasteiger partial charge >= 0.3 is 0 Å². The molecule has 1 heterocycles. The van der Waals surface area contributed by atoms with Crippen LogP contribution >= 0.6 is 0 Å². The highest BCUT2D eigenvalue weighted by atomic mass is 15.1. The van der Waals surface area contributed by atoms with Crippen molar-refractivity contribution in [2.75, 3.05) is 17.2 Å². The molecule has 1 aromatic heterocycles. The van der Waals surface area contributed by atoms with E-state index >= 15 is 0 Å². The molecule has 0 saturated carbocycles. The largest absolute Gasteiger partial charge is 0.354 e. The average molecular weight is 256 g/mol. The molecule has 0 amide bonds. The normalized spacial score (nSPS) is 10.3. The summed E-state index contributed by atoms with van der Waals surface area (Å²) in [6, 6.07) is 8.29. The Balaban J connectivity index is 2.29. The van der Waals surface area contributed by atoms with Crippen LogP contribution in [0.25, 0.3) is 0 Å². The molecule has 100 valence electrons. The van der Waals surface area contributed by atoms with Crippen LogP contribution < -0.4 is 10.6 Å². The van der Waals surface area contributed by atoms with Crippen molar-refractivity contribution in [3.63, 3.8) is 0 Å². The van der Waals surface area contributed by atoms with Crippen molar-refractivity contribution in [1.82, 2.24) is 9.97 Å². The second-order valence-corrected chi connectivity index (χ2v) is 4.69. The lowest BCUT2D eigenvalue weighted by atomic mass is 10.1. The minimum absolute atomic E-state index is 0.662. The Morgan fingerprint density at radius 2 is 1.84 bits per heavy atom. The number of hydrogen-bond acceptors (Lipinski definition) is 4. The summed E-state index contributed by atoms with van der Waals surface area (Å²) in [4.78, 5) is 8.80. The van der Waals surface area contributed by atoms with Crippen LogP contribution in [0.4, 0.5) is 17.5 Å². The molecular weight excluding hydrogens is 236 g/mol. The molecule has 0 radical (unpaired) electrons. The maximum Gasteiger partial charge on any atom is 0.224 e. The Morgan fingerprint density at radius 3 is 2.58 bits per heavy atom. The summed E-state index contributed by atoms with van der Waals surface area (Å²) in [6.07, 6.45) is 0. The summed E-state index contributed by atoms with van der Waals surface area (Å²) in [6.45, 7) is 8.98. The van der Waals surface area contributed by atoms with Gasteiger partial charge in [-0.25, -0.2) is 4.98 Å². The van der Waals surface area contributed by atoms with Crippen LogP contribution in [0.5, 0.6) is 0 Å². The van der Waals surface area contributed by atoms with Gasteiger partial charge in [0.25, 0.3) is 0 Å². The smallest absolute Gasteiger partial charge is 0.224 e. The van der Waals surface area contributed by atoms with Gasteiger partial charge in [0.1, 0.15) is 5.82 Å².